The second-order valence-corrected chi connectivity index (χ2v) is 7.60. The van der Waals surface area contributed by atoms with Crippen molar-refractivity contribution in [1.29, 1.82) is 0 Å². The molecule has 1 aliphatic rings. The maximum atomic E-state index is 12.3. The van der Waals surface area contributed by atoms with E-state index in [2.05, 4.69) is 33.9 Å². The summed E-state index contributed by atoms with van der Waals surface area (Å²) in [6, 6.07) is 14.0. The molecule has 32 heavy (non-hydrogen) atoms. The van der Waals surface area contributed by atoms with E-state index in [9.17, 15) is 4.79 Å². The number of hydrogen-bond acceptors (Lipinski definition) is 4. The molecule has 1 unspecified atom stereocenters. The number of amides is 1. The molecule has 7 nitrogen and oxygen atoms in total. The lowest BCUT2D eigenvalue weighted by atomic mass is 10.1. The Morgan fingerprint density at radius 3 is 2.78 bits per heavy atom. The molecule has 0 radical (unpaired) electrons. The number of guanidine groups is 1. The van der Waals surface area contributed by atoms with E-state index in [1.54, 1.807) is 7.05 Å². The number of carbonyl (C=O) groups excluding carboxylic acids is 1. The zero-order valence-corrected chi connectivity index (χ0v) is 21.3. The minimum atomic E-state index is -0.128. The number of ether oxygens (including phenoxy) is 2. The van der Waals surface area contributed by atoms with Gasteiger partial charge >= 0.3 is 0 Å². The fourth-order valence-corrected chi connectivity index (χ4v) is 3.34. The van der Waals surface area contributed by atoms with Crippen molar-refractivity contribution in [1.82, 2.24) is 10.6 Å². The van der Waals surface area contributed by atoms with Crippen LogP contribution in [0.1, 0.15) is 30.0 Å². The van der Waals surface area contributed by atoms with E-state index in [1.165, 1.54) is 5.56 Å². The van der Waals surface area contributed by atoms with Crippen LogP contribution >= 0.6 is 24.0 Å². The summed E-state index contributed by atoms with van der Waals surface area (Å²) in [5, 5.41) is 9.22. The number of carbonyl (C=O) groups is 1. The summed E-state index contributed by atoms with van der Waals surface area (Å²) in [7, 11) is 1.68. The molecule has 3 rings (SSSR count). The van der Waals surface area contributed by atoms with E-state index in [1.807, 2.05) is 43.3 Å². The molecule has 2 aromatic rings. The van der Waals surface area contributed by atoms with E-state index < -0.39 is 0 Å². The second kappa shape index (κ2) is 13.3. The molecule has 3 N–H and O–H groups in total. The minimum Gasteiger partial charge on any atom is -0.488 e. The largest absolute Gasteiger partial charge is 0.488 e. The first-order valence-corrected chi connectivity index (χ1v) is 10.7. The van der Waals surface area contributed by atoms with Crippen LogP contribution in [0.3, 0.4) is 0 Å². The summed E-state index contributed by atoms with van der Waals surface area (Å²) in [4.78, 5) is 16.5. The Labute approximate surface area is 207 Å². The molecular weight excluding hydrogens is 519 g/mol. The summed E-state index contributed by atoms with van der Waals surface area (Å²) in [5.41, 5.74) is 4.15. The molecule has 0 bridgehead atoms. The fourth-order valence-electron chi connectivity index (χ4n) is 3.34. The van der Waals surface area contributed by atoms with Gasteiger partial charge in [0.15, 0.2) is 5.96 Å². The van der Waals surface area contributed by atoms with Crippen molar-refractivity contribution in [2.45, 2.75) is 39.3 Å². The van der Waals surface area contributed by atoms with Gasteiger partial charge in [0.05, 0.1) is 19.8 Å². The van der Waals surface area contributed by atoms with Gasteiger partial charge in [0.1, 0.15) is 11.9 Å². The van der Waals surface area contributed by atoms with Gasteiger partial charge in [-0.15, -0.1) is 24.0 Å². The van der Waals surface area contributed by atoms with Crippen LogP contribution in [0, 0.1) is 6.92 Å². The van der Waals surface area contributed by atoms with Gasteiger partial charge in [-0.2, -0.15) is 0 Å². The fraction of sp³-hybridized carbons (Fsp3) is 0.417. The lowest BCUT2D eigenvalue weighted by Crippen LogP contribution is -2.41. The molecule has 0 aromatic heterocycles. The Balaban J connectivity index is 0.00000363. The number of nitrogens with zero attached hydrogens (tertiary/aromatic N) is 1. The number of hydrogen-bond donors (Lipinski definition) is 3. The quantitative estimate of drug-likeness (QED) is 0.265. The van der Waals surface area contributed by atoms with Crippen molar-refractivity contribution in [2.75, 3.05) is 32.1 Å². The maximum Gasteiger partial charge on any atom is 0.243 e. The third-order valence-electron chi connectivity index (χ3n) is 5.11. The molecule has 2 aromatic carbocycles. The Morgan fingerprint density at radius 2 is 2.06 bits per heavy atom. The number of nitrogens with one attached hydrogen (secondary N) is 3. The average Bonchev–Trinajstić information content (AvgIpc) is 3.28. The van der Waals surface area contributed by atoms with Gasteiger partial charge in [0.2, 0.25) is 5.91 Å². The molecule has 1 amide bonds. The molecule has 174 valence electrons. The predicted molar refractivity (Wildman–Crippen MR) is 139 cm³/mol. The van der Waals surface area contributed by atoms with Crippen molar-refractivity contribution < 1.29 is 14.3 Å². The highest BCUT2D eigenvalue weighted by atomic mass is 127. The van der Waals surface area contributed by atoms with Crippen molar-refractivity contribution in [2.24, 2.45) is 4.99 Å². The van der Waals surface area contributed by atoms with E-state index in [4.69, 9.17) is 9.47 Å². The Morgan fingerprint density at radius 1 is 1.22 bits per heavy atom. The van der Waals surface area contributed by atoms with Gasteiger partial charge in [0.25, 0.3) is 0 Å². The Kier molecular flexibility index (Phi) is 10.8. The predicted octanol–water partition coefficient (Wildman–Crippen LogP) is 3.65. The topological polar surface area (TPSA) is 84.0 Å². The standard InChI is InChI=1S/C24H32N4O3.HI/c1-4-18-6-5-7-20(13-18)28-23(29)15-27-24(25-3)26-14-19-9-8-17(2)12-22(19)31-21-10-11-30-16-21;/h5-9,12-13,21H,4,10-11,14-16H2,1-3H3,(H,28,29)(H2,25,26,27);1H. The smallest absolute Gasteiger partial charge is 0.243 e. The number of anilines is 1. The van der Waals surface area contributed by atoms with Crippen molar-refractivity contribution in [3.63, 3.8) is 0 Å². The van der Waals surface area contributed by atoms with Gasteiger partial charge < -0.3 is 25.4 Å². The Bertz CT molecular complexity index is 914. The molecule has 0 aliphatic carbocycles. The van der Waals surface area contributed by atoms with Crippen LogP contribution in [0.25, 0.3) is 0 Å². The number of benzene rings is 2. The van der Waals surface area contributed by atoms with Gasteiger partial charge in [-0.3, -0.25) is 9.79 Å². The molecule has 0 saturated carbocycles. The van der Waals surface area contributed by atoms with Crippen LogP contribution in [0.2, 0.25) is 0 Å². The number of halogens is 1. The monoisotopic (exact) mass is 552 g/mol. The second-order valence-electron chi connectivity index (χ2n) is 7.60. The summed E-state index contributed by atoms with van der Waals surface area (Å²) < 4.78 is 11.6. The van der Waals surface area contributed by atoms with E-state index in [0.29, 0.717) is 19.1 Å². The highest BCUT2D eigenvalue weighted by Gasteiger charge is 2.19. The van der Waals surface area contributed by atoms with Crippen molar-refractivity contribution in [3.05, 3.63) is 59.2 Å². The number of aryl methyl sites for hydroxylation is 2. The molecule has 1 atom stereocenters. The number of aliphatic imine (C=N–C) groups is 1. The van der Waals surface area contributed by atoms with Gasteiger partial charge in [-0.05, 0) is 42.7 Å². The van der Waals surface area contributed by atoms with Gasteiger partial charge in [-0.1, -0.05) is 31.2 Å². The SMILES string of the molecule is CCc1cccc(NC(=O)CNC(=NC)NCc2ccc(C)cc2OC2CCOC2)c1.I. The van der Waals surface area contributed by atoms with Crippen LogP contribution in [0.5, 0.6) is 5.75 Å². The van der Waals surface area contributed by atoms with Crippen LogP contribution in [0.4, 0.5) is 5.69 Å². The first-order valence-electron chi connectivity index (χ1n) is 10.7. The van der Waals surface area contributed by atoms with Gasteiger partial charge in [0, 0.05) is 31.3 Å². The first-order chi connectivity index (χ1) is 15.1. The van der Waals surface area contributed by atoms with Crippen molar-refractivity contribution in [3.8, 4) is 5.75 Å². The highest BCUT2D eigenvalue weighted by Crippen LogP contribution is 2.23. The molecule has 1 heterocycles. The molecule has 8 heteroatoms. The van der Waals surface area contributed by atoms with E-state index >= 15 is 0 Å². The minimum absolute atomic E-state index is 0. The van der Waals surface area contributed by atoms with Crippen LogP contribution in [-0.2, 0) is 22.5 Å². The summed E-state index contributed by atoms with van der Waals surface area (Å²) in [6.45, 7) is 6.15. The summed E-state index contributed by atoms with van der Waals surface area (Å²) >= 11 is 0. The summed E-state index contributed by atoms with van der Waals surface area (Å²) in [6.07, 6.45) is 1.92. The molecule has 0 spiro atoms. The molecule has 1 saturated heterocycles. The van der Waals surface area contributed by atoms with Crippen LogP contribution in [-0.4, -0.2) is 44.8 Å². The normalized spacial score (nSPS) is 15.6. The number of rotatable bonds is 8. The first kappa shape index (κ1) is 25.9. The maximum absolute atomic E-state index is 12.3. The third kappa shape index (κ3) is 7.98. The summed E-state index contributed by atoms with van der Waals surface area (Å²) in [5.74, 6) is 1.27. The Hall–Kier alpha value is -2.33. The average molecular weight is 552 g/mol. The van der Waals surface area contributed by atoms with Crippen molar-refractivity contribution >= 4 is 41.5 Å². The zero-order chi connectivity index (χ0) is 22.1. The van der Waals surface area contributed by atoms with Gasteiger partial charge in [-0.25, -0.2) is 0 Å². The van der Waals surface area contributed by atoms with Crippen LogP contribution in [0.15, 0.2) is 47.5 Å². The highest BCUT2D eigenvalue weighted by molar-refractivity contribution is 14.0. The lowest BCUT2D eigenvalue weighted by molar-refractivity contribution is -0.115. The molecular formula is C24H33IN4O3. The third-order valence-corrected chi connectivity index (χ3v) is 5.11. The van der Waals surface area contributed by atoms with E-state index in [0.717, 1.165) is 42.0 Å². The zero-order valence-electron chi connectivity index (χ0n) is 18.9. The lowest BCUT2D eigenvalue weighted by Gasteiger charge is -2.18. The molecule has 1 fully saturated rings. The van der Waals surface area contributed by atoms with Crippen LogP contribution < -0.4 is 20.7 Å². The molecule has 1 aliphatic heterocycles. The van der Waals surface area contributed by atoms with E-state index in [-0.39, 0.29) is 42.5 Å².